The lowest BCUT2D eigenvalue weighted by Crippen LogP contribution is -2.46. The maximum atomic E-state index is 15.2. The number of H-pyrrole nitrogens is 1. The Kier molecular flexibility index (Phi) is 8.68. The van der Waals surface area contributed by atoms with E-state index >= 15 is 4.39 Å². The summed E-state index contributed by atoms with van der Waals surface area (Å²) in [4.78, 5) is 60.0. The number of carbonyl (C=O) groups is 3. The average Bonchev–Trinajstić information content (AvgIpc) is 3.85. The Morgan fingerprint density at radius 1 is 0.923 bits per heavy atom. The number of fused-ring (bicyclic) bond motifs is 2. The van der Waals surface area contributed by atoms with Gasteiger partial charge >= 0.3 is 5.69 Å². The summed E-state index contributed by atoms with van der Waals surface area (Å²) in [6.07, 6.45) is 3.49. The van der Waals surface area contributed by atoms with Crippen LogP contribution in [0.2, 0.25) is 0 Å². The van der Waals surface area contributed by atoms with Crippen molar-refractivity contribution in [3.05, 3.63) is 88.0 Å². The molecule has 1 unspecified atom stereocenters. The average molecular weight is 710 g/mol. The molecule has 1 atom stereocenters. The molecular weight excluding hydrogens is 668 g/mol. The third-order valence-electron chi connectivity index (χ3n) is 11.0. The highest BCUT2D eigenvalue weighted by atomic mass is 19.1. The van der Waals surface area contributed by atoms with Gasteiger partial charge in [-0.25, -0.2) is 13.6 Å². The number of hydrogen-bond donors (Lipinski definition) is 2. The molecule has 13 heteroatoms. The van der Waals surface area contributed by atoms with E-state index in [-0.39, 0.29) is 36.5 Å². The number of aromatic amines is 1. The highest BCUT2D eigenvalue weighted by molar-refractivity contribution is 6.03. The Balaban J connectivity index is 0.904. The number of piperidine rings is 1. The molecule has 2 aromatic heterocycles. The van der Waals surface area contributed by atoms with Crippen LogP contribution in [0.3, 0.4) is 0 Å². The van der Waals surface area contributed by atoms with E-state index in [9.17, 15) is 23.6 Å². The van der Waals surface area contributed by atoms with Crippen LogP contribution in [0.4, 0.5) is 14.5 Å². The van der Waals surface area contributed by atoms with Gasteiger partial charge in [-0.15, -0.1) is 0 Å². The number of hydrogen-bond acceptors (Lipinski definition) is 6. The Labute approximate surface area is 298 Å². The fourth-order valence-electron chi connectivity index (χ4n) is 7.93. The summed E-state index contributed by atoms with van der Waals surface area (Å²) < 4.78 is 32.8. The molecule has 1 aliphatic carbocycles. The summed E-state index contributed by atoms with van der Waals surface area (Å²) in [6.45, 7) is 4.10. The van der Waals surface area contributed by atoms with Crippen molar-refractivity contribution < 1.29 is 23.2 Å². The molecule has 270 valence electrons. The van der Waals surface area contributed by atoms with Gasteiger partial charge in [-0.3, -0.25) is 33.7 Å². The topological polar surface area (TPSA) is 116 Å². The van der Waals surface area contributed by atoms with Gasteiger partial charge in [0.05, 0.1) is 16.6 Å². The largest absolute Gasteiger partial charge is 0.369 e. The molecule has 0 spiro atoms. The minimum absolute atomic E-state index is 0.128. The van der Waals surface area contributed by atoms with Crippen LogP contribution in [0, 0.1) is 11.6 Å². The number of halogens is 2. The number of imidazole rings is 1. The summed E-state index contributed by atoms with van der Waals surface area (Å²) in [6, 6.07) is 15.5. The molecular formula is C39H41F2N7O4. The third-order valence-corrected chi connectivity index (χ3v) is 11.0. The van der Waals surface area contributed by atoms with Crippen LogP contribution >= 0.6 is 0 Å². The number of carbonyl (C=O) groups excluding carboxylic acids is 3. The molecule has 11 nitrogen and oxygen atoms in total. The van der Waals surface area contributed by atoms with Gasteiger partial charge < -0.3 is 14.8 Å². The quantitative estimate of drug-likeness (QED) is 0.214. The lowest BCUT2D eigenvalue weighted by Gasteiger charge is -2.36. The maximum absolute atomic E-state index is 15.2. The van der Waals surface area contributed by atoms with E-state index in [0.29, 0.717) is 46.0 Å². The molecule has 3 aromatic carbocycles. The van der Waals surface area contributed by atoms with Crippen LogP contribution in [0.1, 0.15) is 54.2 Å². The predicted molar refractivity (Wildman–Crippen MR) is 194 cm³/mol. The van der Waals surface area contributed by atoms with Crippen LogP contribution in [0.5, 0.6) is 0 Å². The fraction of sp³-hybridized carbons (Fsp3) is 0.385. The molecule has 3 amide bonds. The van der Waals surface area contributed by atoms with Crippen molar-refractivity contribution in [2.24, 2.45) is 7.05 Å². The molecule has 2 N–H and O–H groups in total. The summed E-state index contributed by atoms with van der Waals surface area (Å²) in [5, 5.41) is 2.99. The molecule has 0 radical (unpaired) electrons. The molecule has 2 aliphatic heterocycles. The Morgan fingerprint density at radius 3 is 2.37 bits per heavy atom. The molecule has 2 saturated heterocycles. The molecule has 8 rings (SSSR count). The molecule has 4 heterocycles. The monoisotopic (exact) mass is 709 g/mol. The lowest BCUT2D eigenvalue weighted by molar-refractivity contribution is -0.135. The standard InChI is InChI=1S/C39H41F2N7O4/c1-44(24-9-10-24)38(51)31-22-28-26(11-12-30(41)35(28)42-31)23-5-7-25(8-6-23)47-20-18-46(19-21-47)17-3-4-27-29(40)13-14-32-36(27)45(2)39(52)48(32)33-15-16-34(49)43-37(33)50/h5-8,11-14,22,24,33,42H,3-4,9-10,15-21H2,1-2H3,(H,43,49,50). The molecule has 5 aromatic rings. The van der Waals surface area contributed by atoms with Gasteiger partial charge in [0.1, 0.15) is 23.4 Å². The van der Waals surface area contributed by atoms with Crippen molar-refractivity contribution in [1.29, 1.82) is 0 Å². The van der Waals surface area contributed by atoms with E-state index in [2.05, 4.69) is 32.2 Å². The van der Waals surface area contributed by atoms with Gasteiger partial charge in [0.25, 0.3) is 5.91 Å². The van der Waals surface area contributed by atoms with Crippen LogP contribution in [0.25, 0.3) is 33.1 Å². The summed E-state index contributed by atoms with van der Waals surface area (Å²) in [5.41, 5.74) is 4.63. The first-order valence-electron chi connectivity index (χ1n) is 18.0. The minimum Gasteiger partial charge on any atom is -0.369 e. The minimum atomic E-state index is -0.818. The lowest BCUT2D eigenvalue weighted by atomic mass is 10.0. The Bertz CT molecular complexity index is 2280. The molecule has 3 fully saturated rings. The van der Waals surface area contributed by atoms with Crippen molar-refractivity contribution in [2.75, 3.05) is 44.7 Å². The first-order chi connectivity index (χ1) is 25.1. The smallest absolute Gasteiger partial charge is 0.329 e. The molecule has 3 aliphatic rings. The van der Waals surface area contributed by atoms with Crippen molar-refractivity contribution in [1.82, 2.24) is 29.2 Å². The zero-order chi connectivity index (χ0) is 36.3. The van der Waals surface area contributed by atoms with Crippen molar-refractivity contribution in [2.45, 2.75) is 50.6 Å². The number of amides is 3. The number of imide groups is 1. The van der Waals surface area contributed by atoms with E-state index < -0.39 is 23.5 Å². The van der Waals surface area contributed by atoms with Gasteiger partial charge in [-0.05, 0) is 86.2 Å². The van der Waals surface area contributed by atoms with E-state index in [1.54, 1.807) is 37.2 Å². The second-order valence-electron chi connectivity index (χ2n) is 14.3. The first kappa shape index (κ1) is 33.8. The van der Waals surface area contributed by atoms with E-state index in [4.69, 9.17) is 0 Å². The van der Waals surface area contributed by atoms with Crippen LogP contribution < -0.4 is 15.9 Å². The van der Waals surface area contributed by atoms with E-state index in [1.807, 2.05) is 12.1 Å². The maximum Gasteiger partial charge on any atom is 0.329 e. The van der Waals surface area contributed by atoms with E-state index in [1.165, 1.54) is 21.3 Å². The summed E-state index contributed by atoms with van der Waals surface area (Å²) in [7, 11) is 3.39. The van der Waals surface area contributed by atoms with Gasteiger partial charge in [-0.2, -0.15) is 0 Å². The van der Waals surface area contributed by atoms with E-state index in [0.717, 1.165) is 62.4 Å². The van der Waals surface area contributed by atoms with Gasteiger partial charge in [0, 0.05) is 69.4 Å². The van der Waals surface area contributed by atoms with Crippen molar-refractivity contribution in [3.63, 3.8) is 0 Å². The third kappa shape index (κ3) is 6.06. The first-order valence-corrected chi connectivity index (χ1v) is 18.0. The second kappa shape index (κ2) is 13.4. The normalized spacial score (nSPS) is 18.4. The number of aryl methyl sites for hydroxylation is 2. The number of nitrogens with zero attached hydrogens (tertiary/aromatic N) is 5. The second-order valence-corrected chi connectivity index (χ2v) is 14.3. The Morgan fingerprint density at radius 2 is 1.65 bits per heavy atom. The SMILES string of the molecule is CN(C(=O)c1cc2c(-c3ccc(N4CCN(CCCc5c(F)ccc6c5n(C)c(=O)n6C5CCC(=O)NC5=O)CC4)cc3)ccc(F)c2[nH]1)C1CC1. The Hall–Kier alpha value is -5.30. The predicted octanol–water partition coefficient (Wildman–Crippen LogP) is 4.73. The number of nitrogens with one attached hydrogen (secondary N) is 2. The number of benzene rings is 3. The summed E-state index contributed by atoms with van der Waals surface area (Å²) >= 11 is 0. The van der Waals surface area contributed by atoms with Gasteiger partial charge in [-0.1, -0.05) is 18.2 Å². The highest BCUT2D eigenvalue weighted by Crippen LogP contribution is 2.34. The summed E-state index contributed by atoms with van der Waals surface area (Å²) in [5.74, 6) is -1.78. The van der Waals surface area contributed by atoms with Crippen LogP contribution in [-0.2, 0) is 23.1 Å². The van der Waals surface area contributed by atoms with Gasteiger partial charge in [0.15, 0.2) is 0 Å². The van der Waals surface area contributed by atoms with Gasteiger partial charge in [0.2, 0.25) is 11.8 Å². The van der Waals surface area contributed by atoms with Crippen LogP contribution in [-0.4, -0.2) is 87.5 Å². The molecule has 0 bridgehead atoms. The zero-order valence-electron chi connectivity index (χ0n) is 29.3. The van der Waals surface area contributed by atoms with Crippen molar-refractivity contribution >= 4 is 45.3 Å². The number of piperazine rings is 1. The zero-order valence-corrected chi connectivity index (χ0v) is 29.3. The highest BCUT2D eigenvalue weighted by Gasteiger charge is 2.33. The van der Waals surface area contributed by atoms with Crippen LogP contribution in [0.15, 0.2) is 59.4 Å². The molecule has 1 saturated carbocycles. The van der Waals surface area contributed by atoms with Crippen molar-refractivity contribution in [3.8, 4) is 11.1 Å². The number of aromatic nitrogens is 3. The number of rotatable bonds is 9. The molecule has 52 heavy (non-hydrogen) atoms. The number of anilines is 1. The fourth-order valence-corrected chi connectivity index (χ4v) is 7.93.